The molecule has 0 radical (unpaired) electrons. The Balaban J connectivity index is 0.000000249. The molecule has 0 aliphatic carbocycles. The fourth-order valence-corrected chi connectivity index (χ4v) is 18.6. The number of halogens is 6. The van der Waals surface area contributed by atoms with Crippen molar-refractivity contribution in [3.63, 3.8) is 0 Å². The number of carbonyl (C=O) groups is 11. The Kier molecular flexibility index (Phi) is 47.3. The second kappa shape index (κ2) is 57.2. The van der Waals surface area contributed by atoms with Crippen LogP contribution in [0.25, 0.3) is 43.1 Å². The van der Waals surface area contributed by atoms with Crippen molar-refractivity contribution in [1.82, 2.24) is 39.2 Å². The SMILES string of the molecule is C.C.C.CN(C)CCN1C(=O)c2cccc3cc(CC(=O)CCCc4ccc(N(CCCl)CCCl)cc4)cc(c23)C1=O.CN(C)CCN1C(=O)c2cccc3cc(CC(=O)CCCc4ccc(N(CCCl)CCCl)cc4)cc(c23)C1=O.CN(C)CCN1C(=O)c2cccc3cc(N)cc(c23)C1=O.CN(C)CCN1C(=O)c2cccc3cc(N)cc(c23)C1=O.O.O=C(O)CCCc1ccc(N(CCCl)CCCl)cc1. The highest BCUT2D eigenvalue weighted by Gasteiger charge is 2.38. The topological polar surface area (TPSA) is 327 Å². The van der Waals surface area contributed by atoms with E-state index in [0.29, 0.717) is 184 Å². The third kappa shape index (κ3) is 31.2. The predicted molar refractivity (Wildman–Crippen MR) is 588 cm³/mol. The smallest absolute Gasteiger partial charge is 0.303 e. The molecule has 15 rings (SSSR count). The Hall–Kier alpha value is -11.6. The van der Waals surface area contributed by atoms with E-state index in [1.807, 2.05) is 161 Å². The number of aryl methyl sites for hydroxylation is 3. The standard InChI is InChI=1S/2C31H35Cl2N3O3.2C16H17N3O2.C14H19Cl2NO2.3CH4.H2O/c2*1-34(2)17-18-36-30(38)27-8-4-6-24-19-23(21-28(29(24)27)31(36)39)20-26(37)7-3-5-22-9-11-25(12-10-22)35(15-13-32)16-14-33;2*1-18(2)6-7-19-15(20)12-5-3-4-10-8-11(17)9-13(14(10)12)16(19)21;15-8-10-17(11-9-16)13-6-4-12(5-7-13)2-1-3-14(18)19;;;;/h2*4,6,8-12,19,21H,3,5,7,13-18,20H2,1-2H3;2*3-5,8-9H,6-7,17H2,1-2H3;4-7H,1-3,8-11H2,(H,18,19);3*1H4;1H2. The Labute approximate surface area is 871 Å². The fraction of sp³-hybridized carbons (Fsp3) is 0.378. The van der Waals surface area contributed by atoms with E-state index in [4.69, 9.17) is 86.2 Å². The molecular weight excluding hydrogens is 1940 g/mol. The number of likely N-dealkylation sites (N-methyl/N-ethyl adjacent to an activating group) is 4. The van der Waals surface area contributed by atoms with Crippen LogP contribution in [0.3, 0.4) is 0 Å². The maximum Gasteiger partial charge on any atom is 0.303 e. The van der Waals surface area contributed by atoms with Gasteiger partial charge in [-0.3, -0.25) is 72.3 Å². The van der Waals surface area contributed by atoms with Gasteiger partial charge in [-0.25, -0.2) is 0 Å². The minimum absolute atomic E-state index is 0. The second-order valence-corrected chi connectivity index (χ2v) is 38.0. The Morgan fingerprint density at radius 2 is 0.510 bits per heavy atom. The predicted octanol–water partition coefficient (Wildman–Crippen LogP) is 18.5. The van der Waals surface area contributed by atoms with Gasteiger partial charge < -0.3 is 56.3 Å². The van der Waals surface area contributed by atoms with Gasteiger partial charge in [0.05, 0.1) is 11.1 Å². The largest absolute Gasteiger partial charge is 0.481 e. The number of Topliss-reactive ketones (excluding diaryl/α,β-unsaturated/α-hetero) is 2. The zero-order valence-corrected chi connectivity index (χ0v) is 85.2. The normalized spacial score (nSPS) is 12.7. The molecule has 8 amide bonds. The third-order valence-corrected chi connectivity index (χ3v) is 25.5. The van der Waals surface area contributed by atoms with E-state index < -0.39 is 5.97 Å². The molecule has 0 saturated carbocycles. The van der Waals surface area contributed by atoms with Gasteiger partial charge in [-0.05, 0) is 241 Å². The number of aliphatic carboxylic acids is 1. The molecule has 0 atom stereocenters. The van der Waals surface area contributed by atoms with Crippen LogP contribution in [-0.2, 0) is 46.5 Å². The van der Waals surface area contributed by atoms with Crippen molar-refractivity contribution in [1.29, 1.82) is 0 Å². The molecule has 0 bridgehead atoms. The monoisotopic (exact) mass is 2070 g/mol. The lowest BCUT2D eigenvalue weighted by molar-refractivity contribution is -0.137. The van der Waals surface area contributed by atoms with Crippen molar-refractivity contribution in [2.75, 3.05) is 209 Å². The molecule has 0 fully saturated rings. The Morgan fingerprint density at radius 3 is 0.741 bits per heavy atom. The van der Waals surface area contributed by atoms with Crippen LogP contribution in [0.2, 0.25) is 0 Å². The van der Waals surface area contributed by atoms with Gasteiger partial charge >= 0.3 is 5.97 Å². The van der Waals surface area contributed by atoms with Crippen LogP contribution in [0, 0.1) is 0 Å². The van der Waals surface area contributed by atoms with Gasteiger partial charge in [0.2, 0.25) is 0 Å². The highest BCUT2D eigenvalue weighted by atomic mass is 35.5. The maximum absolute atomic E-state index is 13.3. The molecular formula is C111H137Cl6N13O13. The number of ketones is 2. The number of rotatable bonds is 43. The third-order valence-electron chi connectivity index (χ3n) is 24.5. The zero-order valence-electron chi connectivity index (χ0n) is 80.7. The molecule has 32 heteroatoms. The molecule has 143 heavy (non-hydrogen) atoms. The van der Waals surface area contributed by atoms with Crippen LogP contribution in [0.15, 0.2) is 194 Å². The van der Waals surface area contributed by atoms with Crippen LogP contribution in [0.5, 0.6) is 0 Å². The molecule has 4 heterocycles. The molecule has 0 unspecified atom stereocenters. The van der Waals surface area contributed by atoms with E-state index >= 15 is 0 Å². The fourth-order valence-electron chi connectivity index (χ4n) is 17.4. The van der Waals surface area contributed by atoms with Gasteiger partial charge in [0.1, 0.15) is 11.6 Å². The van der Waals surface area contributed by atoms with Gasteiger partial charge in [-0.2, -0.15) is 0 Å². The molecule has 7 N–H and O–H groups in total. The lowest BCUT2D eigenvalue weighted by Gasteiger charge is -2.28. The number of carboxylic acids is 1. The van der Waals surface area contributed by atoms with Crippen LogP contribution < -0.4 is 26.2 Å². The number of benzene rings is 11. The van der Waals surface area contributed by atoms with Gasteiger partial charge in [-0.1, -0.05) is 119 Å². The number of hydrogen-bond acceptors (Lipinski definition) is 20. The molecule has 26 nitrogen and oxygen atoms in total. The summed E-state index contributed by atoms with van der Waals surface area (Å²) in [7, 11) is 15.3. The zero-order chi connectivity index (χ0) is 100. The summed E-state index contributed by atoms with van der Waals surface area (Å²) < 4.78 is 0. The molecule has 4 aliphatic rings. The minimum Gasteiger partial charge on any atom is -0.481 e. The van der Waals surface area contributed by atoms with E-state index in [0.717, 1.165) is 127 Å². The molecule has 0 aromatic heterocycles. The number of carboxylic acid groups (broad SMARTS) is 1. The molecule has 11 aromatic carbocycles. The number of nitrogen functional groups attached to an aromatic ring is 2. The van der Waals surface area contributed by atoms with Gasteiger partial charge in [0, 0.05) is 242 Å². The molecule has 766 valence electrons. The van der Waals surface area contributed by atoms with Crippen molar-refractivity contribution in [3.8, 4) is 0 Å². The summed E-state index contributed by atoms with van der Waals surface area (Å²) in [6, 6.07) is 61.1. The minimum atomic E-state index is -0.743. The lowest BCUT2D eigenvalue weighted by Crippen LogP contribution is -2.43. The second-order valence-electron chi connectivity index (χ2n) is 35.8. The first-order valence-electron chi connectivity index (χ1n) is 46.7. The van der Waals surface area contributed by atoms with Crippen molar-refractivity contribution in [2.45, 2.75) is 92.9 Å². The maximum atomic E-state index is 13.3. The summed E-state index contributed by atoms with van der Waals surface area (Å²) in [6.07, 6.45) is 6.24. The summed E-state index contributed by atoms with van der Waals surface area (Å²) in [5.41, 5.74) is 25.5. The van der Waals surface area contributed by atoms with Crippen LogP contribution in [0.1, 0.15) is 171 Å². The van der Waals surface area contributed by atoms with E-state index in [1.54, 1.807) is 60.7 Å². The van der Waals surface area contributed by atoms with Crippen molar-refractivity contribution in [2.24, 2.45) is 0 Å². The molecule has 11 aromatic rings. The highest BCUT2D eigenvalue weighted by molar-refractivity contribution is 6.29. The number of nitrogens with zero attached hydrogens (tertiary/aromatic N) is 11. The van der Waals surface area contributed by atoms with E-state index in [-0.39, 0.29) is 106 Å². The lowest BCUT2D eigenvalue weighted by atomic mass is 9.90. The van der Waals surface area contributed by atoms with Crippen LogP contribution in [0.4, 0.5) is 28.4 Å². The summed E-state index contributed by atoms with van der Waals surface area (Å²) >= 11 is 35.2. The van der Waals surface area contributed by atoms with Crippen LogP contribution in [-0.4, -0.2) is 298 Å². The number of nitrogens with two attached hydrogens (primary N) is 2. The van der Waals surface area contributed by atoms with E-state index in [9.17, 15) is 52.7 Å². The van der Waals surface area contributed by atoms with Gasteiger partial charge in [0.25, 0.3) is 47.3 Å². The number of anilines is 5. The van der Waals surface area contributed by atoms with Gasteiger partial charge in [0.15, 0.2) is 0 Å². The number of amides is 8. The molecule has 0 saturated heterocycles. The Morgan fingerprint density at radius 1 is 0.287 bits per heavy atom. The molecule has 4 aliphatic heterocycles. The van der Waals surface area contributed by atoms with Crippen molar-refractivity contribution >= 4 is 206 Å². The van der Waals surface area contributed by atoms with E-state index in [2.05, 4.69) is 63.2 Å². The quantitative estimate of drug-likeness (QED) is 0.0182. The molecule has 0 spiro atoms. The number of imide groups is 4. The summed E-state index contributed by atoms with van der Waals surface area (Å²) in [4.78, 5) is 159. The first kappa shape index (κ1) is 118. The average Bonchev–Trinajstić information content (AvgIpc) is 0.758. The average molecular weight is 2070 g/mol. The van der Waals surface area contributed by atoms with Crippen molar-refractivity contribution in [3.05, 3.63) is 266 Å². The summed E-state index contributed by atoms with van der Waals surface area (Å²) in [6.45, 7) is 8.34. The highest BCUT2D eigenvalue weighted by Crippen LogP contribution is 2.38. The van der Waals surface area contributed by atoms with E-state index in [1.165, 1.54) is 30.7 Å². The first-order valence-corrected chi connectivity index (χ1v) is 49.9. The van der Waals surface area contributed by atoms with Gasteiger partial charge in [-0.15, -0.1) is 69.6 Å². The van der Waals surface area contributed by atoms with Crippen molar-refractivity contribution < 1.29 is 63.3 Å². The number of hydrogen-bond donors (Lipinski definition) is 3. The summed E-state index contributed by atoms with van der Waals surface area (Å²) in [5.74, 6) is 0.725. The van der Waals surface area contributed by atoms with Crippen LogP contribution >= 0.6 is 69.6 Å². The Bertz CT molecular complexity index is 5890. The number of carbonyl (C=O) groups excluding carboxylic acids is 10. The summed E-state index contributed by atoms with van der Waals surface area (Å²) in [5, 5.41) is 14.7. The first-order chi connectivity index (χ1) is 66.8. The number of alkyl halides is 6.